The lowest BCUT2D eigenvalue weighted by Gasteiger charge is -2.09. The van der Waals surface area contributed by atoms with Crippen molar-refractivity contribution in [3.63, 3.8) is 0 Å². The van der Waals surface area contributed by atoms with Crippen LogP contribution in [0.4, 0.5) is 14.5 Å². The molecule has 0 unspecified atom stereocenters. The highest BCUT2D eigenvalue weighted by Crippen LogP contribution is 2.20. The molecule has 7 heteroatoms. The molecule has 1 heterocycles. The van der Waals surface area contributed by atoms with Gasteiger partial charge in [0.1, 0.15) is 10.9 Å². The maximum atomic E-state index is 12.1. The lowest BCUT2D eigenvalue weighted by atomic mass is 10.2. The molecular formula is C14H11ClF2N2O2. The minimum Gasteiger partial charge on any atom is -0.435 e. The summed E-state index contributed by atoms with van der Waals surface area (Å²) in [5.41, 5.74) is 1.26. The average Bonchev–Trinajstić information content (AvgIpc) is 2.37. The SMILES string of the molecule is Cc1cc(C(=O)Nc2cccc(OC(F)F)c2)cc(Cl)n1. The molecule has 1 amide bonds. The Bertz CT molecular complexity index is 645. The van der Waals surface area contributed by atoms with Gasteiger partial charge in [-0.2, -0.15) is 8.78 Å². The summed E-state index contributed by atoms with van der Waals surface area (Å²) in [5, 5.41) is 2.78. The van der Waals surface area contributed by atoms with Crippen molar-refractivity contribution in [3.05, 3.63) is 52.8 Å². The third-order valence-corrected chi connectivity index (χ3v) is 2.70. The number of nitrogens with one attached hydrogen (secondary N) is 1. The first kappa shape index (κ1) is 15.2. The topological polar surface area (TPSA) is 51.2 Å². The first-order chi connectivity index (χ1) is 9.94. The largest absolute Gasteiger partial charge is 0.435 e. The van der Waals surface area contributed by atoms with E-state index in [2.05, 4.69) is 15.0 Å². The van der Waals surface area contributed by atoms with E-state index in [0.29, 0.717) is 16.9 Å². The van der Waals surface area contributed by atoms with Crippen LogP contribution >= 0.6 is 11.6 Å². The van der Waals surface area contributed by atoms with Crippen molar-refractivity contribution in [3.8, 4) is 5.75 Å². The standard InChI is InChI=1S/C14H11ClF2N2O2/c1-8-5-9(6-12(15)18-8)13(20)19-10-3-2-4-11(7-10)21-14(16)17/h2-7,14H,1H3,(H,19,20). The molecule has 1 aromatic carbocycles. The first-order valence-corrected chi connectivity index (χ1v) is 6.32. The molecule has 21 heavy (non-hydrogen) atoms. The van der Waals surface area contributed by atoms with Gasteiger partial charge in [-0.3, -0.25) is 4.79 Å². The van der Waals surface area contributed by atoms with Gasteiger partial charge in [0.05, 0.1) is 0 Å². The maximum Gasteiger partial charge on any atom is 0.387 e. The second-order valence-electron chi connectivity index (χ2n) is 4.18. The van der Waals surface area contributed by atoms with Crippen LogP contribution in [0.2, 0.25) is 5.15 Å². The van der Waals surface area contributed by atoms with E-state index < -0.39 is 12.5 Å². The fourth-order valence-corrected chi connectivity index (χ4v) is 1.96. The number of alkyl halides is 2. The highest BCUT2D eigenvalue weighted by atomic mass is 35.5. The van der Waals surface area contributed by atoms with Crippen molar-refractivity contribution in [2.45, 2.75) is 13.5 Å². The van der Waals surface area contributed by atoms with E-state index in [1.54, 1.807) is 19.1 Å². The van der Waals surface area contributed by atoms with Crippen molar-refractivity contribution in [2.24, 2.45) is 0 Å². The molecule has 110 valence electrons. The second kappa shape index (κ2) is 6.49. The fraction of sp³-hybridized carbons (Fsp3) is 0.143. The van der Waals surface area contributed by atoms with Crippen LogP contribution in [0.1, 0.15) is 16.1 Å². The number of benzene rings is 1. The summed E-state index contributed by atoms with van der Waals surface area (Å²) in [6, 6.07) is 8.73. The zero-order valence-electron chi connectivity index (χ0n) is 10.9. The van der Waals surface area contributed by atoms with Crippen LogP contribution in [0.3, 0.4) is 0 Å². The molecule has 0 atom stereocenters. The van der Waals surface area contributed by atoms with Gasteiger partial charge in [0, 0.05) is 23.0 Å². The molecule has 4 nitrogen and oxygen atoms in total. The summed E-state index contributed by atoms with van der Waals surface area (Å²) < 4.78 is 28.5. The Labute approximate surface area is 124 Å². The van der Waals surface area contributed by atoms with Gasteiger partial charge in [0.25, 0.3) is 5.91 Å². The van der Waals surface area contributed by atoms with Crippen LogP contribution in [-0.4, -0.2) is 17.5 Å². The average molecular weight is 313 g/mol. The molecular weight excluding hydrogens is 302 g/mol. The molecule has 0 bridgehead atoms. The Morgan fingerprint density at radius 3 is 2.76 bits per heavy atom. The van der Waals surface area contributed by atoms with E-state index in [0.717, 1.165) is 0 Å². The quantitative estimate of drug-likeness (QED) is 0.871. The number of pyridine rings is 1. The Morgan fingerprint density at radius 1 is 1.33 bits per heavy atom. The highest BCUT2D eigenvalue weighted by Gasteiger charge is 2.10. The summed E-state index contributed by atoms with van der Waals surface area (Å²) in [6.07, 6.45) is 0. The molecule has 0 spiro atoms. The van der Waals surface area contributed by atoms with Crippen LogP contribution in [0.5, 0.6) is 5.75 Å². The van der Waals surface area contributed by atoms with Gasteiger partial charge in [-0.15, -0.1) is 0 Å². The van der Waals surface area contributed by atoms with E-state index >= 15 is 0 Å². The molecule has 1 N–H and O–H groups in total. The third-order valence-electron chi connectivity index (χ3n) is 2.50. The molecule has 0 saturated heterocycles. The van der Waals surface area contributed by atoms with Crippen LogP contribution in [0, 0.1) is 6.92 Å². The molecule has 2 rings (SSSR count). The molecule has 0 fully saturated rings. The first-order valence-electron chi connectivity index (χ1n) is 5.94. The maximum absolute atomic E-state index is 12.1. The lowest BCUT2D eigenvalue weighted by Crippen LogP contribution is -2.12. The third kappa shape index (κ3) is 4.39. The number of hydrogen-bond donors (Lipinski definition) is 1. The number of rotatable bonds is 4. The number of aromatic nitrogens is 1. The fourth-order valence-electron chi connectivity index (χ4n) is 1.71. The van der Waals surface area contributed by atoms with Gasteiger partial charge in [-0.05, 0) is 31.2 Å². The number of halogens is 3. The van der Waals surface area contributed by atoms with Crippen LogP contribution in [0.25, 0.3) is 0 Å². The van der Waals surface area contributed by atoms with Crippen molar-refractivity contribution >= 4 is 23.2 Å². The van der Waals surface area contributed by atoms with E-state index in [1.165, 1.54) is 24.3 Å². The van der Waals surface area contributed by atoms with Crippen LogP contribution < -0.4 is 10.1 Å². The minimum atomic E-state index is -2.92. The molecule has 2 aromatic rings. The minimum absolute atomic E-state index is 0.0354. The molecule has 1 aromatic heterocycles. The van der Waals surface area contributed by atoms with Crippen molar-refractivity contribution in [1.82, 2.24) is 4.98 Å². The summed E-state index contributed by atoms with van der Waals surface area (Å²) >= 11 is 5.79. The summed E-state index contributed by atoms with van der Waals surface area (Å²) in [6.45, 7) is -1.21. The Kier molecular flexibility index (Phi) is 4.70. The van der Waals surface area contributed by atoms with Gasteiger partial charge in [0.15, 0.2) is 0 Å². The number of nitrogens with zero attached hydrogens (tertiary/aromatic N) is 1. The summed E-state index contributed by atoms with van der Waals surface area (Å²) in [7, 11) is 0. The number of carbonyl (C=O) groups excluding carboxylic acids is 1. The normalized spacial score (nSPS) is 10.5. The second-order valence-corrected chi connectivity index (χ2v) is 4.57. The Balaban J connectivity index is 2.15. The van der Waals surface area contributed by atoms with E-state index in [-0.39, 0.29) is 10.9 Å². The summed E-state index contributed by atoms with van der Waals surface area (Å²) in [5.74, 6) is -0.455. The van der Waals surface area contributed by atoms with E-state index in [1.807, 2.05) is 0 Å². The molecule has 0 aliphatic rings. The summed E-state index contributed by atoms with van der Waals surface area (Å²) in [4.78, 5) is 16.0. The Morgan fingerprint density at radius 2 is 2.10 bits per heavy atom. The molecule has 0 aliphatic heterocycles. The number of hydrogen-bond acceptors (Lipinski definition) is 3. The number of anilines is 1. The van der Waals surface area contributed by atoms with E-state index in [4.69, 9.17) is 11.6 Å². The zero-order chi connectivity index (χ0) is 15.4. The molecule has 0 aliphatic carbocycles. The Hall–Kier alpha value is -2.21. The number of amides is 1. The smallest absolute Gasteiger partial charge is 0.387 e. The van der Waals surface area contributed by atoms with Crippen LogP contribution in [0.15, 0.2) is 36.4 Å². The van der Waals surface area contributed by atoms with Crippen molar-refractivity contribution in [2.75, 3.05) is 5.32 Å². The van der Waals surface area contributed by atoms with Gasteiger partial charge < -0.3 is 10.1 Å². The predicted molar refractivity (Wildman–Crippen MR) is 75.0 cm³/mol. The molecule has 0 saturated carbocycles. The van der Waals surface area contributed by atoms with Crippen LogP contribution in [-0.2, 0) is 0 Å². The lowest BCUT2D eigenvalue weighted by molar-refractivity contribution is -0.0497. The monoisotopic (exact) mass is 312 g/mol. The predicted octanol–water partition coefficient (Wildman–Crippen LogP) is 3.90. The number of aryl methyl sites for hydroxylation is 1. The van der Waals surface area contributed by atoms with Crippen molar-refractivity contribution < 1.29 is 18.3 Å². The van der Waals surface area contributed by atoms with Gasteiger partial charge in [-0.1, -0.05) is 17.7 Å². The highest BCUT2D eigenvalue weighted by molar-refractivity contribution is 6.29. The number of ether oxygens (including phenoxy) is 1. The number of carbonyl (C=O) groups is 1. The molecule has 0 radical (unpaired) electrons. The van der Waals surface area contributed by atoms with Gasteiger partial charge >= 0.3 is 6.61 Å². The van der Waals surface area contributed by atoms with Crippen molar-refractivity contribution in [1.29, 1.82) is 0 Å². The zero-order valence-corrected chi connectivity index (χ0v) is 11.7. The van der Waals surface area contributed by atoms with Gasteiger partial charge in [-0.25, -0.2) is 4.98 Å². The van der Waals surface area contributed by atoms with E-state index in [9.17, 15) is 13.6 Å². The van der Waals surface area contributed by atoms with Gasteiger partial charge in [0.2, 0.25) is 0 Å².